The first kappa shape index (κ1) is 17.6. The standard InChI is InChI=1S/C23H21NO2/c1-3-25-22-13-12-17(15-23(22)26-4-2)14-19(16-24)21-11-7-9-18-8-5-6-10-20(18)21/h5-15H,3-4H2,1-2H3/b19-14-. The molecule has 3 aromatic rings. The van der Waals surface area contributed by atoms with Crippen molar-refractivity contribution in [3.63, 3.8) is 0 Å². The van der Waals surface area contributed by atoms with Crippen LogP contribution in [0.3, 0.4) is 0 Å². The fourth-order valence-corrected chi connectivity index (χ4v) is 2.95. The van der Waals surface area contributed by atoms with Crippen LogP contribution >= 0.6 is 0 Å². The Labute approximate surface area is 154 Å². The van der Waals surface area contributed by atoms with Gasteiger partial charge in [-0.15, -0.1) is 0 Å². The van der Waals surface area contributed by atoms with Gasteiger partial charge in [0.25, 0.3) is 0 Å². The molecule has 0 unspecified atom stereocenters. The van der Waals surface area contributed by atoms with Gasteiger partial charge in [-0.3, -0.25) is 0 Å². The molecule has 0 amide bonds. The van der Waals surface area contributed by atoms with Crippen LogP contribution in [0, 0.1) is 11.3 Å². The third-order valence-corrected chi connectivity index (χ3v) is 4.08. The smallest absolute Gasteiger partial charge is 0.161 e. The van der Waals surface area contributed by atoms with Crippen molar-refractivity contribution >= 4 is 22.4 Å². The quantitative estimate of drug-likeness (QED) is 0.426. The Morgan fingerprint density at radius 2 is 1.65 bits per heavy atom. The molecule has 0 aliphatic carbocycles. The molecule has 3 aromatic carbocycles. The summed E-state index contributed by atoms with van der Waals surface area (Å²) in [5.74, 6) is 1.41. The zero-order valence-corrected chi connectivity index (χ0v) is 15.0. The van der Waals surface area contributed by atoms with Crippen molar-refractivity contribution in [3.8, 4) is 17.6 Å². The van der Waals surface area contributed by atoms with E-state index in [1.54, 1.807) is 0 Å². The molecule has 0 N–H and O–H groups in total. The average Bonchev–Trinajstić information content (AvgIpc) is 2.68. The number of hydrogen-bond acceptors (Lipinski definition) is 3. The van der Waals surface area contributed by atoms with Crippen molar-refractivity contribution in [1.82, 2.24) is 0 Å². The molecule has 130 valence electrons. The summed E-state index contributed by atoms with van der Waals surface area (Å²) in [5.41, 5.74) is 2.45. The van der Waals surface area contributed by atoms with Gasteiger partial charge in [0.1, 0.15) is 0 Å². The highest BCUT2D eigenvalue weighted by atomic mass is 16.5. The summed E-state index contributed by atoms with van der Waals surface area (Å²) in [6.07, 6.45) is 1.89. The van der Waals surface area contributed by atoms with E-state index in [-0.39, 0.29) is 0 Å². The molecule has 3 rings (SSSR count). The normalized spacial score (nSPS) is 11.2. The number of benzene rings is 3. The fourth-order valence-electron chi connectivity index (χ4n) is 2.95. The Morgan fingerprint density at radius 1 is 0.923 bits per heavy atom. The van der Waals surface area contributed by atoms with Gasteiger partial charge in [-0.2, -0.15) is 5.26 Å². The third-order valence-electron chi connectivity index (χ3n) is 4.08. The Hall–Kier alpha value is -3.25. The minimum atomic E-state index is 0.557. The monoisotopic (exact) mass is 343 g/mol. The number of rotatable bonds is 6. The molecular formula is C23H21NO2. The molecule has 0 aromatic heterocycles. The first-order chi connectivity index (χ1) is 12.8. The van der Waals surface area contributed by atoms with Crippen molar-refractivity contribution in [2.24, 2.45) is 0 Å². The van der Waals surface area contributed by atoms with E-state index in [1.165, 1.54) is 0 Å². The van der Waals surface area contributed by atoms with Crippen LogP contribution in [0.1, 0.15) is 25.0 Å². The van der Waals surface area contributed by atoms with Gasteiger partial charge in [0.05, 0.1) is 24.9 Å². The van der Waals surface area contributed by atoms with Crippen LogP contribution in [0.2, 0.25) is 0 Å². The average molecular weight is 343 g/mol. The van der Waals surface area contributed by atoms with E-state index in [0.29, 0.717) is 24.5 Å². The summed E-state index contributed by atoms with van der Waals surface area (Å²) in [5, 5.41) is 11.9. The Morgan fingerprint density at radius 3 is 2.42 bits per heavy atom. The maximum atomic E-state index is 9.74. The number of ether oxygens (including phenoxy) is 2. The van der Waals surface area contributed by atoms with Crippen LogP contribution in [0.5, 0.6) is 11.5 Å². The second kappa shape index (κ2) is 8.22. The van der Waals surface area contributed by atoms with Crippen molar-refractivity contribution in [3.05, 3.63) is 71.8 Å². The van der Waals surface area contributed by atoms with Crippen LogP contribution in [-0.2, 0) is 0 Å². The molecule has 0 bridgehead atoms. The lowest BCUT2D eigenvalue weighted by atomic mass is 9.97. The zero-order valence-electron chi connectivity index (χ0n) is 15.0. The number of nitrogens with zero attached hydrogens (tertiary/aromatic N) is 1. The Kier molecular flexibility index (Phi) is 5.56. The summed E-state index contributed by atoms with van der Waals surface area (Å²) in [6.45, 7) is 5.02. The molecule has 0 heterocycles. The second-order valence-corrected chi connectivity index (χ2v) is 5.77. The first-order valence-corrected chi connectivity index (χ1v) is 8.76. The molecule has 0 saturated carbocycles. The van der Waals surface area contributed by atoms with Crippen molar-refractivity contribution in [2.45, 2.75) is 13.8 Å². The highest BCUT2D eigenvalue weighted by Crippen LogP contribution is 2.31. The minimum absolute atomic E-state index is 0.557. The number of fused-ring (bicyclic) bond motifs is 1. The van der Waals surface area contributed by atoms with Gasteiger partial charge in [0.15, 0.2) is 11.5 Å². The molecule has 0 aliphatic rings. The molecule has 26 heavy (non-hydrogen) atoms. The highest BCUT2D eigenvalue weighted by molar-refractivity contribution is 6.01. The van der Waals surface area contributed by atoms with E-state index in [2.05, 4.69) is 18.2 Å². The Balaban J connectivity index is 2.06. The van der Waals surface area contributed by atoms with Crippen LogP contribution in [-0.4, -0.2) is 13.2 Å². The molecule has 0 radical (unpaired) electrons. The molecule has 3 nitrogen and oxygen atoms in total. The maximum Gasteiger partial charge on any atom is 0.161 e. The summed E-state index contributed by atoms with van der Waals surface area (Å²) < 4.78 is 11.3. The van der Waals surface area contributed by atoms with E-state index < -0.39 is 0 Å². The SMILES string of the molecule is CCOc1ccc(/C=C(/C#N)c2cccc3ccccc23)cc1OCC. The van der Waals surface area contributed by atoms with Gasteiger partial charge < -0.3 is 9.47 Å². The van der Waals surface area contributed by atoms with Crippen molar-refractivity contribution in [2.75, 3.05) is 13.2 Å². The third kappa shape index (κ3) is 3.70. The first-order valence-electron chi connectivity index (χ1n) is 8.76. The highest BCUT2D eigenvalue weighted by Gasteiger charge is 2.09. The van der Waals surface area contributed by atoms with Crippen LogP contribution in [0.25, 0.3) is 22.4 Å². The molecule has 0 aliphatic heterocycles. The summed E-state index contributed by atoms with van der Waals surface area (Å²) in [4.78, 5) is 0. The van der Waals surface area contributed by atoms with Gasteiger partial charge in [-0.05, 0) is 48.4 Å². The predicted octanol–water partition coefficient (Wildman–Crippen LogP) is 5.70. The van der Waals surface area contributed by atoms with E-state index in [9.17, 15) is 5.26 Å². The lowest BCUT2D eigenvalue weighted by Crippen LogP contribution is -1.98. The summed E-state index contributed by atoms with van der Waals surface area (Å²) in [6, 6.07) is 22.2. The molecular weight excluding hydrogens is 322 g/mol. The Bertz CT molecular complexity index is 978. The second-order valence-electron chi connectivity index (χ2n) is 5.77. The number of nitriles is 1. The fraction of sp³-hybridized carbons (Fsp3) is 0.174. The van der Waals surface area contributed by atoms with Gasteiger partial charge in [0, 0.05) is 5.56 Å². The summed E-state index contributed by atoms with van der Waals surface area (Å²) >= 11 is 0. The van der Waals surface area contributed by atoms with E-state index in [4.69, 9.17) is 9.47 Å². The van der Waals surface area contributed by atoms with Crippen molar-refractivity contribution in [1.29, 1.82) is 5.26 Å². The maximum absolute atomic E-state index is 9.74. The van der Waals surface area contributed by atoms with Gasteiger partial charge in [0.2, 0.25) is 0 Å². The van der Waals surface area contributed by atoms with Gasteiger partial charge >= 0.3 is 0 Å². The molecule has 3 heteroatoms. The lowest BCUT2D eigenvalue weighted by molar-refractivity contribution is 0.287. The van der Waals surface area contributed by atoms with E-state index in [0.717, 1.165) is 27.6 Å². The zero-order chi connectivity index (χ0) is 18.4. The van der Waals surface area contributed by atoms with E-state index >= 15 is 0 Å². The van der Waals surface area contributed by atoms with E-state index in [1.807, 2.05) is 68.5 Å². The molecule has 0 atom stereocenters. The largest absolute Gasteiger partial charge is 0.490 e. The molecule has 0 fully saturated rings. The van der Waals surface area contributed by atoms with Crippen molar-refractivity contribution < 1.29 is 9.47 Å². The van der Waals surface area contributed by atoms with Crippen LogP contribution in [0.4, 0.5) is 0 Å². The lowest BCUT2D eigenvalue weighted by Gasteiger charge is -2.11. The minimum Gasteiger partial charge on any atom is -0.490 e. The van der Waals surface area contributed by atoms with Gasteiger partial charge in [-0.25, -0.2) is 0 Å². The van der Waals surface area contributed by atoms with Gasteiger partial charge in [-0.1, -0.05) is 48.5 Å². The summed E-state index contributed by atoms with van der Waals surface area (Å²) in [7, 11) is 0. The number of allylic oxidation sites excluding steroid dienone is 1. The molecule has 0 spiro atoms. The topological polar surface area (TPSA) is 42.2 Å². The predicted molar refractivity (Wildman–Crippen MR) is 106 cm³/mol. The van der Waals surface area contributed by atoms with Crippen LogP contribution < -0.4 is 9.47 Å². The molecule has 0 saturated heterocycles. The van der Waals surface area contributed by atoms with Crippen LogP contribution in [0.15, 0.2) is 60.7 Å². The number of hydrogen-bond donors (Lipinski definition) is 0.